The molecular weight excluding hydrogens is 276 g/mol. The van der Waals surface area contributed by atoms with Gasteiger partial charge in [-0.15, -0.1) is 0 Å². The van der Waals surface area contributed by atoms with Crippen molar-refractivity contribution in [1.29, 1.82) is 0 Å². The summed E-state index contributed by atoms with van der Waals surface area (Å²) in [5.74, 6) is 0. The molecule has 1 aromatic rings. The minimum atomic E-state index is -0.289. The van der Waals surface area contributed by atoms with Crippen molar-refractivity contribution in [3.05, 3.63) is 35.9 Å². The van der Waals surface area contributed by atoms with E-state index in [0.717, 1.165) is 37.5 Å². The van der Waals surface area contributed by atoms with Gasteiger partial charge in [0.25, 0.3) is 0 Å². The molecular formula is C18H26N2O2. The summed E-state index contributed by atoms with van der Waals surface area (Å²) in [5.41, 5.74) is 1.02. The Labute approximate surface area is 132 Å². The van der Waals surface area contributed by atoms with E-state index in [0.29, 0.717) is 6.61 Å². The largest absolute Gasteiger partial charge is 0.445 e. The molecule has 3 rings (SSSR count). The van der Waals surface area contributed by atoms with Crippen molar-refractivity contribution in [1.82, 2.24) is 10.2 Å². The summed E-state index contributed by atoms with van der Waals surface area (Å²) in [6.07, 6.45) is 7.27. The SMILES string of the molecule is O=C(NC1CCN(C2CCCC2)CC1)OCc1ccccc1. The maximum Gasteiger partial charge on any atom is 0.407 e. The number of carbonyl (C=O) groups excluding carboxylic acids is 1. The number of alkyl carbamates (subject to hydrolysis) is 1. The summed E-state index contributed by atoms with van der Waals surface area (Å²) in [5, 5.41) is 3.01. The summed E-state index contributed by atoms with van der Waals surface area (Å²) < 4.78 is 5.29. The third kappa shape index (κ3) is 4.23. The summed E-state index contributed by atoms with van der Waals surface area (Å²) >= 11 is 0. The summed E-state index contributed by atoms with van der Waals surface area (Å²) in [6.45, 7) is 2.55. The van der Waals surface area contributed by atoms with Crippen LogP contribution in [0.1, 0.15) is 44.1 Å². The molecule has 4 nitrogen and oxygen atoms in total. The quantitative estimate of drug-likeness (QED) is 0.927. The molecule has 120 valence electrons. The molecule has 0 aromatic heterocycles. The topological polar surface area (TPSA) is 41.6 Å². The lowest BCUT2D eigenvalue weighted by Gasteiger charge is -2.36. The van der Waals surface area contributed by atoms with Gasteiger partial charge in [0.2, 0.25) is 0 Å². The van der Waals surface area contributed by atoms with Crippen molar-refractivity contribution in [2.75, 3.05) is 13.1 Å². The van der Waals surface area contributed by atoms with E-state index in [1.54, 1.807) is 0 Å². The molecule has 1 saturated carbocycles. The van der Waals surface area contributed by atoms with Gasteiger partial charge in [-0.3, -0.25) is 0 Å². The van der Waals surface area contributed by atoms with Crippen molar-refractivity contribution in [3.8, 4) is 0 Å². The highest BCUT2D eigenvalue weighted by molar-refractivity contribution is 5.67. The molecule has 1 aliphatic heterocycles. The Morgan fingerprint density at radius 2 is 1.77 bits per heavy atom. The molecule has 1 heterocycles. The molecule has 1 N–H and O–H groups in total. The summed E-state index contributed by atoms with van der Waals surface area (Å²) in [7, 11) is 0. The number of rotatable bonds is 4. The molecule has 0 radical (unpaired) electrons. The number of benzene rings is 1. The maximum absolute atomic E-state index is 11.9. The van der Waals surface area contributed by atoms with E-state index in [4.69, 9.17) is 4.74 Å². The molecule has 0 spiro atoms. The number of piperidine rings is 1. The fourth-order valence-corrected chi connectivity index (χ4v) is 3.61. The number of likely N-dealkylation sites (tertiary alicyclic amines) is 1. The summed E-state index contributed by atoms with van der Waals surface area (Å²) in [4.78, 5) is 14.5. The van der Waals surface area contributed by atoms with Crippen LogP contribution in [0.15, 0.2) is 30.3 Å². The van der Waals surface area contributed by atoms with Crippen LogP contribution in [0.2, 0.25) is 0 Å². The minimum Gasteiger partial charge on any atom is -0.445 e. The van der Waals surface area contributed by atoms with Crippen molar-refractivity contribution in [3.63, 3.8) is 0 Å². The highest BCUT2D eigenvalue weighted by Crippen LogP contribution is 2.26. The van der Waals surface area contributed by atoms with Crippen molar-refractivity contribution in [2.24, 2.45) is 0 Å². The second kappa shape index (κ2) is 7.63. The van der Waals surface area contributed by atoms with Crippen LogP contribution in [-0.2, 0) is 11.3 Å². The molecule has 22 heavy (non-hydrogen) atoms. The van der Waals surface area contributed by atoms with Gasteiger partial charge in [0.05, 0.1) is 0 Å². The van der Waals surface area contributed by atoms with Crippen molar-refractivity contribution in [2.45, 2.75) is 57.2 Å². The van der Waals surface area contributed by atoms with Crippen molar-refractivity contribution >= 4 is 6.09 Å². The van der Waals surface area contributed by atoms with Crippen LogP contribution in [0.25, 0.3) is 0 Å². The fourth-order valence-electron chi connectivity index (χ4n) is 3.61. The first-order chi connectivity index (χ1) is 10.8. The summed E-state index contributed by atoms with van der Waals surface area (Å²) in [6, 6.07) is 10.9. The molecule has 1 aromatic carbocycles. The number of ether oxygens (including phenoxy) is 1. The van der Waals surface area contributed by atoms with Crippen LogP contribution < -0.4 is 5.32 Å². The zero-order valence-corrected chi connectivity index (χ0v) is 13.2. The molecule has 1 amide bonds. The number of nitrogens with zero attached hydrogens (tertiary/aromatic N) is 1. The average Bonchev–Trinajstić information content (AvgIpc) is 3.09. The normalized spacial score (nSPS) is 20.9. The van der Waals surface area contributed by atoms with E-state index >= 15 is 0 Å². The molecule has 2 fully saturated rings. The van der Waals surface area contributed by atoms with Crippen LogP contribution in [0, 0.1) is 0 Å². The molecule has 0 bridgehead atoms. The zero-order chi connectivity index (χ0) is 15.2. The zero-order valence-electron chi connectivity index (χ0n) is 13.2. The van der Waals surface area contributed by atoms with Gasteiger partial charge in [-0.05, 0) is 31.2 Å². The Bertz CT molecular complexity index is 463. The first-order valence-corrected chi connectivity index (χ1v) is 8.52. The van der Waals surface area contributed by atoms with Gasteiger partial charge in [0.15, 0.2) is 0 Å². The van der Waals surface area contributed by atoms with Gasteiger partial charge < -0.3 is 15.0 Å². The monoisotopic (exact) mass is 302 g/mol. The van der Waals surface area contributed by atoms with E-state index in [1.165, 1.54) is 25.7 Å². The second-order valence-corrected chi connectivity index (χ2v) is 6.45. The number of carbonyl (C=O) groups is 1. The third-order valence-electron chi connectivity index (χ3n) is 4.91. The Kier molecular flexibility index (Phi) is 5.33. The Balaban J connectivity index is 1.36. The van der Waals surface area contributed by atoms with Gasteiger partial charge in [0.1, 0.15) is 6.61 Å². The molecule has 1 saturated heterocycles. The highest BCUT2D eigenvalue weighted by Gasteiger charge is 2.27. The number of nitrogens with one attached hydrogen (secondary N) is 1. The predicted molar refractivity (Wildman–Crippen MR) is 86.6 cm³/mol. The van der Waals surface area contributed by atoms with E-state index in [9.17, 15) is 4.79 Å². The van der Waals surface area contributed by atoms with Gasteiger partial charge in [-0.1, -0.05) is 43.2 Å². The molecule has 4 heteroatoms. The lowest BCUT2D eigenvalue weighted by molar-refractivity contribution is 0.117. The van der Waals surface area contributed by atoms with Crippen LogP contribution in [-0.4, -0.2) is 36.2 Å². The smallest absolute Gasteiger partial charge is 0.407 e. The molecule has 2 aliphatic rings. The van der Waals surface area contributed by atoms with Gasteiger partial charge in [-0.2, -0.15) is 0 Å². The average molecular weight is 302 g/mol. The Morgan fingerprint density at radius 3 is 2.45 bits per heavy atom. The fraction of sp³-hybridized carbons (Fsp3) is 0.611. The molecule has 1 aliphatic carbocycles. The highest BCUT2D eigenvalue weighted by atomic mass is 16.5. The molecule has 0 unspecified atom stereocenters. The van der Waals surface area contributed by atoms with Gasteiger partial charge >= 0.3 is 6.09 Å². The van der Waals surface area contributed by atoms with Crippen LogP contribution >= 0.6 is 0 Å². The molecule has 0 atom stereocenters. The van der Waals surface area contributed by atoms with E-state index in [1.807, 2.05) is 30.3 Å². The number of amides is 1. The van der Waals surface area contributed by atoms with E-state index in [2.05, 4.69) is 10.2 Å². The van der Waals surface area contributed by atoms with Gasteiger partial charge in [-0.25, -0.2) is 4.79 Å². The van der Waals surface area contributed by atoms with Crippen LogP contribution in [0.4, 0.5) is 4.79 Å². The number of hydrogen-bond acceptors (Lipinski definition) is 3. The Hall–Kier alpha value is -1.55. The number of hydrogen-bond donors (Lipinski definition) is 1. The first-order valence-electron chi connectivity index (χ1n) is 8.52. The van der Waals surface area contributed by atoms with E-state index in [-0.39, 0.29) is 12.1 Å². The minimum absolute atomic E-state index is 0.265. The van der Waals surface area contributed by atoms with Crippen molar-refractivity contribution < 1.29 is 9.53 Å². The van der Waals surface area contributed by atoms with E-state index < -0.39 is 0 Å². The first kappa shape index (κ1) is 15.3. The van der Waals surface area contributed by atoms with Gasteiger partial charge in [0, 0.05) is 25.2 Å². The maximum atomic E-state index is 11.9. The lowest BCUT2D eigenvalue weighted by Crippen LogP contribution is -2.47. The Morgan fingerprint density at radius 1 is 1.09 bits per heavy atom. The standard InChI is InChI=1S/C18H26N2O2/c21-18(22-14-15-6-2-1-3-7-15)19-16-10-12-20(13-11-16)17-8-4-5-9-17/h1-3,6-7,16-17H,4-5,8-14H2,(H,19,21). The predicted octanol–water partition coefficient (Wildman–Crippen LogP) is 3.32. The van der Waals surface area contributed by atoms with Crippen LogP contribution in [0.3, 0.4) is 0 Å². The van der Waals surface area contributed by atoms with Crippen LogP contribution in [0.5, 0.6) is 0 Å². The second-order valence-electron chi connectivity index (χ2n) is 6.45. The third-order valence-corrected chi connectivity index (χ3v) is 4.91. The lowest BCUT2D eigenvalue weighted by atomic mass is 10.0.